The number of nitrogens with zero attached hydrogens (tertiary/aromatic N) is 2. The zero-order valence-electron chi connectivity index (χ0n) is 26.8. The first kappa shape index (κ1) is 33.1. The van der Waals surface area contributed by atoms with E-state index in [1.807, 2.05) is 48.7 Å². The Morgan fingerprint density at radius 3 is 2.46 bits per heavy atom. The van der Waals surface area contributed by atoms with Gasteiger partial charge in [-0.1, -0.05) is 48.0 Å². The number of aromatic nitrogens is 1. The topological polar surface area (TPSA) is 135 Å². The molecule has 2 saturated heterocycles. The van der Waals surface area contributed by atoms with Gasteiger partial charge in [0.15, 0.2) is 0 Å². The van der Waals surface area contributed by atoms with Crippen LogP contribution < -0.4 is 10.6 Å². The normalized spacial score (nSPS) is 19.5. The molecule has 3 aromatic carbocycles. The number of fused-ring (bicyclic) bond motifs is 2. The van der Waals surface area contributed by atoms with Crippen LogP contribution in [0.4, 0.5) is 0 Å². The van der Waals surface area contributed by atoms with Crippen LogP contribution >= 0.6 is 11.6 Å². The van der Waals surface area contributed by atoms with Crippen LogP contribution in [0.1, 0.15) is 34.3 Å². The van der Waals surface area contributed by atoms with E-state index < -0.39 is 12.0 Å². The zero-order valence-corrected chi connectivity index (χ0v) is 27.6. The van der Waals surface area contributed by atoms with Gasteiger partial charge in [0.05, 0.1) is 12.3 Å². The van der Waals surface area contributed by atoms with E-state index in [1.165, 1.54) is 12.1 Å². The number of hydrogen-bond acceptors (Lipinski definition) is 5. The lowest BCUT2D eigenvalue weighted by atomic mass is 9.79. The lowest BCUT2D eigenvalue weighted by Crippen LogP contribution is -2.56. The molecule has 3 unspecified atom stereocenters. The van der Waals surface area contributed by atoms with Crippen molar-refractivity contribution in [1.29, 1.82) is 0 Å². The summed E-state index contributed by atoms with van der Waals surface area (Å²) in [7, 11) is 1.55. The fourth-order valence-corrected chi connectivity index (χ4v) is 7.34. The van der Waals surface area contributed by atoms with Gasteiger partial charge in [-0.3, -0.25) is 19.2 Å². The van der Waals surface area contributed by atoms with E-state index in [1.54, 1.807) is 35.0 Å². The molecule has 0 bridgehead atoms. The van der Waals surface area contributed by atoms with Crippen molar-refractivity contribution in [2.45, 2.75) is 31.7 Å². The summed E-state index contributed by atoms with van der Waals surface area (Å²) in [4.78, 5) is 61.0. The van der Waals surface area contributed by atoms with Crippen molar-refractivity contribution < 1.29 is 24.3 Å². The third-order valence-electron chi connectivity index (χ3n) is 9.72. The van der Waals surface area contributed by atoms with Crippen molar-refractivity contribution in [3.8, 4) is 5.75 Å². The number of hydrogen-bond donors (Lipinski definition) is 4. The molecule has 1 aromatic heterocycles. The Hall–Kier alpha value is -4.83. The number of carbonyl (C=O) groups is 4. The molecule has 2 aliphatic rings. The van der Waals surface area contributed by atoms with Gasteiger partial charge in [-0.05, 0) is 78.6 Å². The van der Waals surface area contributed by atoms with Crippen LogP contribution in [0.2, 0.25) is 5.02 Å². The summed E-state index contributed by atoms with van der Waals surface area (Å²) in [5, 5.41) is 16.9. The number of likely N-dealkylation sites (N-methyl/N-ethyl adjacent to an activating group) is 1. The number of rotatable bonds is 10. The first-order valence-electron chi connectivity index (χ1n) is 16.4. The standard InChI is InChI=1S/C37H40ClN5O5/c1-39-36(47)32(9-5-8-23-6-3-2-4-7-23)41-35(46)31-22-42(34(45)16-25-18-40-33-17-27(38)12-15-29(25)33)19-26-20-43(21-30(26)31)37(48)24-10-13-28(44)14-11-24/h2-4,6-7,10-15,17-18,26,30-32,40,44H,5,8-9,16,19-22H2,1H3,(H,39,47)(H,41,46)/t26?,30?,31?,32-/m0/s1. The predicted octanol–water partition coefficient (Wildman–Crippen LogP) is 4.17. The summed E-state index contributed by atoms with van der Waals surface area (Å²) in [5.74, 6) is -1.74. The second-order valence-electron chi connectivity index (χ2n) is 12.8. The highest BCUT2D eigenvalue weighted by Gasteiger charge is 2.48. The molecule has 10 nitrogen and oxygen atoms in total. The number of aromatic amines is 1. The maximum Gasteiger partial charge on any atom is 0.253 e. The Morgan fingerprint density at radius 1 is 0.958 bits per heavy atom. The molecular formula is C37H40ClN5O5. The Balaban J connectivity index is 1.20. The molecule has 2 aliphatic heterocycles. The molecule has 11 heteroatoms. The highest BCUT2D eigenvalue weighted by Crippen LogP contribution is 2.37. The van der Waals surface area contributed by atoms with Crippen molar-refractivity contribution in [2.24, 2.45) is 17.8 Å². The second-order valence-corrected chi connectivity index (χ2v) is 13.3. The molecule has 4 atom stereocenters. The van der Waals surface area contributed by atoms with Crippen LogP contribution in [-0.2, 0) is 27.2 Å². The number of H-pyrrole nitrogens is 1. The number of aryl methyl sites for hydroxylation is 1. The maximum absolute atomic E-state index is 14.1. The minimum atomic E-state index is -0.732. The quantitative estimate of drug-likeness (QED) is 0.201. The van der Waals surface area contributed by atoms with Crippen LogP contribution in [0, 0.1) is 17.8 Å². The van der Waals surface area contributed by atoms with Crippen LogP contribution in [0.3, 0.4) is 0 Å². The molecule has 48 heavy (non-hydrogen) atoms. The molecule has 4 amide bonds. The number of carbonyl (C=O) groups excluding carboxylic acids is 4. The summed E-state index contributed by atoms with van der Waals surface area (Å²) < 4.78 is 0. The van der Waals surface area contributed by atoms with E-state index in [0.29, 0.717) is 43.1 Å². The van der Waals surface area contributed by atoms with Gasteiger partial charge in [-0.25, -0.2) is 0 Å². The number of nitrogens with one attached hydrogen (secondary N) is 3. The Morgan fingerprint density at radius 2 is 1.71 bits per heavy atom. The summed E-state index contributed by atoms with van der Waals surface area (Å²) in [6.45, 7) is 1.34. The van der Waals surface area contributed by atoms with Gasteiger partial charge in [-0.15, -0.1) is 0 Å². The third kappa shape index (κ3) is 7.33. The van der Waals surface area contributed by atoms with Gasteiger partial charge < -0.3 is 30.5 Å². The predicted molar refractivity (Wildman–Crippen MR) is 183 cm³/mol. The maximum atomic E-state index is 14.1. The van der Waals surface area contributed by atoms with Gasteiger partial charge in [-0.2, -0.15) is 0 Å². The molecule has 0 saturated carbocycles. The Labute approximate surface area is 284 Å². The van der Waals surface area contributed by atoms with Crippen LogP contribution in [0.5, 0.6) is 5.75 Å². The number of aromatic hydroxyl groups is 1. The molecule has 3 heterocycles. The van der Waals surface area contributed by atoms with Gasteiger partial charge in [0.1, 0.15) is 11.8 Å². The molecule has 250 valence electrons. The molecule has 0 aliphatic carbocycles. The highest BCUT2D eigenvalue weighted by molar-refractivity contribution is 6.31. The molecule has 0 spiro atoms. The van der Waals surface area contributed by atoms with E-state index in [9.17, 15) is 24.3 Å². The number of likely N-dealkylation sites (tertiary alicyclic amines) is 2. The SMILES string of the molecule is CNC(=O)[C@H](CCCc1ccccc1)NC(=O)C1CN(C(=O)Cc2c[nH]c3cc(Cl)ccc23)CC2CN(C(=O)c3ccc(O)cc3)CC21. The van der Waals surface area contributed by atoms with Crippen molar-refractivity contribution in [2.75, 3.05) is 33.2 Å². The average Bonchev–Trinajstić information content (AvgIpc) is 3.71. The highest BCUT2D eigenvalue weighted by atomic mass is 35.5. The van der Waals surface area contributed by atoms with E-state index in [2.05, 4.69) is 15.6 Å². The number of halogens is 1. The van der Waals surface area contributed by atoms with Crippen molar-refractivity contribution in [1.82, 2.24) is 25.4 Å². The van der Waals surface area contributed by atoms with Gasteiger partial charge in [0.2, 0.25) is 17.7 Å². The van der Waals surface area contributed by atoms with Crippen LogP contribution in [0.15, 0.2) is 79.0 Å². The molecular weight excluding hydrogens is 630 g/mol. The number of phenols is 1. The van der Waals surface area contributed by atoms with E-state index in [4.69, 9.17) is 11.6 Å². The van der Waals surface area contributed by atoms with E-state index in [-0.39, 0.29) is 54.2 Å². The fourth-order valence-electron chi connectivity index (χ4n) is 7.17. The molecule has 0 radical (unpaired) electrons. The Bertz CT molecular complexity index is 1790. The summed E-state index contributed by atoms with van der Waals surface area (Å²) in [5.41, 5.74) is 3.28. The fraction of sp³-hybridized carbons (Fsp3) is 0.351. The lowest BCUT2D eigenvalue weighted by Gasteiger charge is -2.40. The minimum Gasteiger partial charge on any atom is -0.508 e. The molecule has 4 aromatic rings. The number of phenolic OH excluding ortho intramolecular Hbond substituents is 1. The largest absolute Gasteiger partial charge is 0.508 e. The van der Waals surface area contributed by atoms with Crippen molar-refractivity contribution in [3.63, 3.8) is 0 Å². The summed E-state index contributed by atoms with van der Waals surface area (Å²) in [6, 6.07) is 20.9. The molecule has 6 rings (SSSR count). The number of benzene rings is 3. The first-order chi connectivity index (χ1) is 23.2. The summed E-state index contributed by atoms with van der Waals surface area (Å²) >= 11 is 6.16. The monoisotopic (exact) mass is 669 g/mol. The van der Waals surface area contributed by atoms with Crippen molar-refractivity contribution in [3.05, 3.63) is 101 Å². The van der Waals surface area contributed by atoms with Crippen molar-refractivity contribution >= 4 is 46.1 Å². The number of amides is 4. The van der Waals surface area contributed by atoms with Crippen LogP contribution in [-0.4, -0.2) is 82.8 Å². The smallest absolute Gasteiger partial charge is 0.253 e. The zero-order chi connectivity index (χ0) is 33.8. The summed E-state index contributed by atoms with van der Waals surface area (Å²) in [6.07, 6.45) is 3.89. The van der Waals surface area contributed by atoms with E-state index >= 15 is 0 Å². The van der Waals surface area contributed by atoms with Gasteiger partial charge >= 0.3 is 0 Å². The second kappa shape index (κ2) is 14.5. The van der Waals surface area contributed by atoms with Gasteiger partial charge in [0, 0.05) is 60.9 Å². The molecule has 4 N–H and O–H groups in total. The third-order valence-corrected chi connectivity index (χ3v) is 9.96. The van der Waals surface area contributed by atoms with Gasteiger partial charge in [0.25, 0.3) is 5.91 Å². The average molecular weight is 670 g/mol. The Kier molecular flexibility index (Phi) is 10.0. The van der Waals surface area contributed by atoms with Crippen LogP contribution in [0.25, 0.3) is 10.9 Å². The number of piperidine rings is 1. The lowest BCUT2D eigenvalue weighted by molar-refractivity contribution is -0.140. The minimum absolute atomic E-state index is 0.0697. The van der Waals surface area contributed by atoms with E-state index in [0.717, 1.165) is 28.5 Å². The molecule has 2 fully saturated rings. The first-order valence-corrected chi connectivity index (χ1v) is 16.8.